The van der Waals surface area contributed by atoms with E-state index in [9.17, 15) is 0 Å². The van der Waals surface area contributed by atoms with Crippen molar-refractivity contribution in [1.82, 2.24) is 0 Å². The van der Waals surface area contributed by atoms with E-state index in [0.29, 0.717) is 13.2 Å². The smallest absolute Gasteiger partial charge is 0.0780 e. The first-order chi connectivity index (χ1) is 7.47. The molecular weight excluding hydrogens is 212 g/mol. The van der Waals surface area contributed by atoms with Crippen molar-refractivity contribution >= 4 is 0 Å². The van der Waals surface area contributed by atoms with Crippen LogP contribution < -0.4 is 0 Å². The van der Waals surface area contributed by atoms with Crippen molar-refractivity contribution in [3.63, 3.8) is 0 Å². The monoisotopic (exact) mass is 238 g/mol. The zero-order valence-electron chi connectivity index (χ0n) is 10.7. The summed E-state index contributed by atoms with van der Waals surface area (Å²) in [5, 5.41) is 24.6. The molecule has 0 saturated heterocycles. The second kappa shape index (κ2) is 12.9. The van der Waals surface area contributed by atoms with Crippen molar-refractivity contribution in [3.8, 4) is 0 Å². The second-order valence-electron chi connectivity index (χ2n) is 3.62. The van der Waals surface area contributed by atoms with Crippen LogP contribution >= 0.6 is 0 Å². The molecule has 16 heavy (non-hydrogen) atoms. The molecule has 5 heteroatoms. The highest BCUT2D eigenvalue weighted by Crippen LogP contribution is 1.95. The van der Waals surface area contributed by atoms with Crippen LogP contribution in [0, 0.1) is 0 Å². The van der Waals surface area contributed by atoms with E-state index in [1.807, 2.05) is 20.8 Å². The maximum Gasteiger partial charge on any atom is 0.0780 e. The van der Waals surface area contributed by atoms with Crippen LogP contribution in [0.1, 0.15) is 27.7 Å². The Labute approximate surface area is 98.0 Å². The molecule has 0 aromatic rings. The van der Waals surface area contributed by atoms with Gasteiger partial charge >= 0.3 is 0 Å². The SMILES string of the molecule is CC(O)CO.CCOC(C)COC(C)CO. The first-order valence-corrected chi connectivity index (χ1v) is 5.60. The summed E-state index contributed by atoms with van der Waals surface area (Å²) in [5.41, 5.74) is 0. The van der Waals surface area contributed by atoms with Crippen molar-refractivity contribution in [3.05, 3.63) is 0 Å². The zero-order chi connectivity index (χ0) is 13.0. The van der Waals surface area contributed by atoms with Crippen LogP contribution in [0.15, 0.2) is 0 Å². The van der Waals surface area contributed by atoms with Gasteiger partial charge in [-0.1, -0.05) is 0 Å². The molecule has 100 valence electrons. The standard InChI is InChI=1S/C8H18O3.C3H8O2/c1-4-10-8(3)6-11-7(2)5-9;1-3(5)2-4/h7-9H,4-6H2,1-3H3;3-5H,2H2,1H3. The van der Waals surface area contributed by atoms with Gasteiger partial charge in [0.2, 0.25) is 0 Å². The largest absolute Gasteiger partial charge is 0.394 e. The molecule has 0 fully saturated rings. The van der Waals surface area contributed by atoms with Crippen LogP contribution in [0.25, 0.3) is 0 Å². The lowest BCUT2D eigenvalue weighted by Crippen LogP contribution is -2.22. The Bertz CT molecular complexity index is 130. The van der Waals surface area contributed by atoms with Gasteiger partial charge < -0.3 is 24.8 Å². The number of rotatable bonds is 7. The van der Waals surface area contributed by atoms with E-state index in [2.05, 4.69) is 0 Å². The zero-order valence-corrected chi connectivity index (χ0v) is 10.7. The molecule has 0 radical (unpaired) electrons. The molecule has 0 aromatic carbocycles. The van der Waals surface area contributed by atoms with Gasteiger partial charge in [0.15, 0.2) is 0 Å². The predicted octanol–water partition coefficient (Wildman–Crippen LogP) is 0.168. The summed E-state index contributed by atoms with van der Waals surface area (Å²) in [7, 11) is 0. The average molecular weight is 238 g/mol. The van der Waals surface area contributed by atoms with Gasteiger partial charge in [-0.25, -0.2) is 0 Å². The minimum absolute atomic E-state index is 0.0683. The Morgan fingerprint density at radius 2 is 1.44 bits per heavy atom. The summed E-state index contributed by atoms with van der Waals surface area (Å²) in [6.07, 6.45) is -0.526. The second-order valence-corrected chi connectivity index (χ2v) is 3.62. The van der Waals surface area contributed by atoms with Gasteiger partial charge in [0.05, 0.1) is 38.1 Å². The maximum absolute atomic E-state index is 8.61. The predicted molar refractivity (Wildman–Crippen MR) is 62.4 cm³/mol. The summed E-state index contributed by atoms with van der Waals surface area (Å²) in [5.74, 6) is 0. The van der Waals surface area contributed by atoms with Gasteiger partial charge in [0.25, 0.3) is 0 Å². The fourth-order valence-corrected chi connectivity index (χ4v) is 0.685. The van der Waals surface area contributed by atoms with Crippen molar-refractivity contribution in [2.45, 2.75) is 46.0 Å². The third-order valence-corrected chi connectivity index (χ3v) is 1.59. The number of aliphatic hydroxyl groups excluding tert-OH is 3. The molecule has 0 saturated carbocycles. The first kappa shape index (κ1) is 18.2. The molecule has 0 aliphatic carbocycles. The summed E-state index contributed by atoms with van der Waals surface area (Å²) in [4.78, 5) is 0. The molecule has 0 spiro atoms. The lowest BCUT2D eigenvalue weighted by molar-refractivity contribution is -0.0424. The normalized spacial score (nSPS) is 15.9. The maximum atomic E-state index is 8.61. The summed E-state index contributed by atoms with van der Waals surface area (Å²) in [6, 6.07) is 0. The number of hydrogen-bond acceptors (Lipinski definition) is 5. The minimum Gasteiger partial charge on any atom is -0.394 e. The van der Waals surface area contributed by atoms with Crippen LogP contribution in [-0.4, -0.2) is 60.1 Å². The molecule has 0 bridgehead atoms. The minimum atomic E-state index is -0.560. The van der Waals surface area contributed by atoms with Crippen LogP contribution in [0.4, 0.5) is 0 Å². The van der Waals surface area contributed by atoms with Gasteiger partial charge in [-0.3, -0.25) is 0 Å². The molecule has 3 atom stereocenters. The van der Waals surface area contributed by atoms with Crippen molar-refractivity contribution in [2.75, 3.05) is 26.4 Å². The summed E-state index contributed by atoms with van der Waals surface area (Å²) < 4.78 is 10.5. The Morgan fingerprint density at radius 1 is 0.938 bits per heavy atom. The third-order valence-electron chi connectivity index (χ3n) is 1.59. The first-order valence-electron chi connectivity index (χ1n) is 5.60. The van der Waals surface area contributed by atoms with Crippen molar-refractivity contribution in [1.29, 1.82) is 0 Å². The highest BCUT2D eigenvalue weighted by molar-refractivity contribution is 4.50. The van der Waals surface area contributed by atoms with Gasteiger partial charge in [-0.15, -0.1) is 0 Å². The highest BCUT2D eigenvalue weighted by atomic mass is 16.5. The van der Waals surface area contributed by atoms with E-state index in [0.717, 1.165) is 0 Å². The van der Waals surface area contributed by atoms with Crippen LogP contribution in [0.5, 0.6) is 0 Å². The van der Waals surface area contributed by atoms with Gasteiger partial charge in [0.1, 0.15) is 0 Å². The topological polar surface area (TPSA) is 79.2 Å². The Hall–Kier alpha value is -0.200. The number of hydrogen-bond donors (Lipinski definition) is 3. The number of ether oxygens (including phenoxy) is 2. The van der Waals surface area contributed by atoms with Crippen molar-refractivity contribution < 1.29 is 24.8 Å². The number of aliphatic hydroxyl groups is 3. The molecule has 0 heterocycles. The molecule has 3 unspecified atom stereocenters. The van der Waals surface area contributed by atoms with E-state index < -0.39 is 6.10 Å². The fourth-order valence-electron chi connectivity index (χ4n) is 0.685. The molecule has 0 aromatic heterocycles. The van der Waals surface area contributed by atoms with Crippen LogP contribution in [0.3, 0.4) is 0 Å². The summed E-state index contributed by atoms with van der Waals surface area (Å²) in [6.45, 7) is 8.45. The van der Waals surface area contributed by atoms with E-state index >= 15 is 0 Å². The third kappa shape index (κ3) is 16.2. The van der Waals surface area contributed by atoms with Crippen molar-refractivity contribution in [2.24, 2.45) is 0 Å². The van der Waals surface area contributed by atoms with E-state index in [1.165, 1.54) is 6.92 Å². The Balaban J connectivity index is 0. The van der Waals surface area contributed by atoms with Gasteiger partial charge in [0, 0.05) is 6.61 Å². The summed E-state index contributed by atoms with van der Waals surface area (Å²) >= 11 is 0. The van der Waals surface area contributed by atoms with Crippen LogP contribution in [0.2, 0.25) is 0 Å². The molecule has 3 N–H and O–H groups in total. The molecular formula is C11H26O5. The van der Waals surface area contributed by atoms with E-state index in [-0.39, 0.29) is 25.4 Å². The molecule has 0 rings (SSSR count). The molecule has 5 nitrogen and oxygen atoms in total. The van der Waals surface area contributed by atoms with E-state index in [1.54, 1.807) is 0 Å². The van der Waals surface area contributed by atoms with Crippen LogP contribution in [-0.2, 0) is 9.47 Å². The molecule has 0 aliphatic rings. The molecule has 0 amide bonds. The fraction of sp³-hybridized carbons (Fsp3) is 1.00. The highest BCUT2D eigenvalue weighted by Gasteiger charge is 2.04. The lowest BCUT2D eigenvalue weighted by atomic mass is 10.4. The average Bonchev–Trinajstić information content (AvgIpc) is 2.27. The Morgan fingerprint density at radius 3 is 1.75 bits per heavy atom. The molecule has 0 aliphatic heterocycles. The lowest BCUT2D eigenvalue weighted by Gasteiger charge is -2.14. The van der Waals surface area contributed by atoms with E-state index in [4.69, 9.17) is 24.8 Å². The quantitative estimate of drug-likeness (QED) is 0.589. The van der Waals surface area contributed by atoms with Gasteiger partial charge in [-0.05, 0) is 27.7 Å². The Kier molecular flexibility index (Phi) is 14.6. The van der Waals surface area contributed by atoms with Gasteiger partial charge in [-0.2, -0.15) is 0 Å².